The maximum Gasteiger partial charge on any atom is 0.273 e. The Morgan fingerprint density at radius 2 is 2.22 bits per heavy atom. The van der Waals surface area contributed by atoms with E-state index in [0.717, 1.165) is 11.3 Å². The number of halogens is 1. The first-order chi connectivity index (χ1) is 8.61. The summed E-state index contributed by atoms with van der Waals surface area (Å²) in [7, 11) is 0. The normalized spacial score (nSPS) is 10.4. The molecule has 0 unspecified atom stereocenters. The van der Waals surface area contributed by atoms with Crippen molar-refractivity contribution in [1.82, 2.24) is 9.78 Å². The summed E-state index contributed by atoms with van der Waals surface area (Å²) in [5, 5.41) is 7.51. The Morgan fingerprint density at radius 1 is 1.44 bits per heavy atom. The van der Waals surface area contributed by atoms with Gasteiger partial charge in [-0.1, -0.05) is 17.7 Å². The van der Waals surface area contributed by atoms with E-state index in [0.29, 0.717) is 17.3 Å². The second kappa shape index (κ2) is 5.23. The molecule has 1 heterocycles. The van der Waals surface area contributed by atoms with Gasteiger partial charge >= 0.3 is 0 Å². The topological polar surface area (TPSA) is 46.9 Å². The Balaban J connectivity index is 2.24. The molecule has 5 heteroatoms. The molecule has 4 nitrogen and oxygen atoms in total. The van der Waals surface area contributed by atoms with Gasteiger partial charge in [0.25, 0.3) is 5.91 Å². The lowest BCUT2D eigenvalue weighted by molar-refractivity contribution is 0.101. The Kier molecular flexibility index (Phi) is 3.67. The minimum Gasteiger partial charge on any atom is -0.320 e. The van der Waals surface area contributed by atoms with Crippen molar-refractivity contribution in [2.24, 2.45) is 0 Å². The fourth-order valence-electron chi connectivity index (χ4n) is 1.69. The number of carbonyl (C=O) groups is 1. The van der Waals surface area contributed by atoms with E-state index in [-0.39, 0.29) is 5.91 Å². The Bertz CT molecular complexity index is 577. The van der Waals surface area contributed by atoms with Crippen LogP contribution in [0.15, 0.2) is 30.5 Å². The third-order valence-electron chi connectivity index (χ3n) is 2.70. The van der Waals surface area contributed by atoms with Crippen molar-refractivity contribution in [3.05, 3.63) is 46.7 Å². The number of hydrogen-bond donors (Lipinski definition) is 1. The lowest BCUT2D eigenvalue weighted by Crippen LogP contribution is -2.17. The number of amides is 1. The summed E-state index contributed by atoms with van der Waals surface area (Å²) in [6.45, 7) is 4.52. The number of rotatable bonds is 3. The number of aryl methyl sites for hydroxylation is 2. The number of anilines is 1. The van der Waals surface area contributed by atoms with E-state index in [4.69, 9.17) is 11.6 Å². The number of aromatic nitrogens is 2. The van der Waals surface area contributed by atoms with Crippen LogP contribution >= 0.6 is 11.6 Å². The van der Waals surface area contributed by atoms with Gasteiger partial charge in [0.2, 0.25) is 0 Å². The molecule has 0 fully saturated rings. The molecule has 0 bridgehead atoms. The van der Waals surface area contributed by atoms with E-state index in [1.54, 1.807) is 29.1 Å². The van der Waals surface area contributed by atoms with Gasteiger partial charge in [0.05, 0.1) is 0 Å². The quantitative estimate of drug-likeness (QED) is 0.925. The predicted molar refractivity (Wildman–Crippen MR) is 72.0 cm³/mol. The number of nitrogens with zero attached hydrogens (tertiary/aromatic N) is 2. The van der Waals surface area contributed by atoms with E-state index in [9.17, 15) is 4.79 Å². The second-order valence-electron chi connectivity index (χ2n) is 3.95. The van der Waals surface area contributed by atoms with Gasteiger partial charge < -0.3 is 5.32 Å². The van der Waals surface area contributed by atoms with Crippen LogP contribution < -0.4 is 5.32 Å². The molecule has 0 spiro atoms. The van der Waals surface area contributed by atoms with Crippen LogP contribution in [0.25, 0.3) is 0 Å². The zero-order chi connectivity index (χ0) is 13.1. The van der Waals surface area contributed by atoms with E-state index in [2.05, 4.69) is 10.4 Å². The summed E-state index contributed by atoms with van der Waals surface area (Å²) < 4.78 is 1.65. The SMILES string of the molecule is CCn1nccc1C(=O)Nc1cc(Cl)ccc1C. The summed E-state index contributed by atoms with van der Waals surface area (Å²) in [6, 6.07) is 7.10. The average Bonchev–Trinajstić information content (AvgIpc) is 2.82. The molecule has 0 aliphatic carbocycles. The van der Waals surface area contributed by atoms with E-state index >= 15 is 0 Å². The molecule has 1 amide bonds. The van der Waals surface area contributed by atoms with Gasteiger partial charge in [-0.25, -0.2) is 0 Å². The summed E-state index contributed by atoms with van der Waals surface area (Å²) in [4.78, 5) is 12.1. The third-order valence-corrected chi connectivity index (χ3v) is 2.93. The largest absolute Gasteiger partial charge is 0.320 e. The molecule has 94 valence electrons. The fourth-order valence-corrected chi connectivity index (χ4v) is 1.86. The Hall–Kier alpha value is -1.81. The standard InChI is InChI=1S/C13H14ClN3O/c1-3-17-12(6-7-15-17)13(18)16-11-8-10(14)5-4-9(11)2/h4-8H,3H2,1-2H3,(H,16,18). The van der Waals surface area contributed by atoms with E-state index in [1.165, 1.54) is 0 Å². The minimum atomic E-state index is -0.181. The molecule has 0 aliphatic heterocycles. The van der Waals surface area contributed by atoms with Crippen molar-refractivity contribution in [3.63, 3.8) is 0 Å². The molecular formula is C13H14ClN3O. The van der Waals surface area contributed by atoms with Crippen LogP contribution in [-0.2, 0) is 6.54 Å². The molecule has 1 aromatic heterocycles. The van der Waals surface area contributed by atoms with Gasteiger partial charge in [-0.05, 0) is 37.6 Å². The zero-order valence-electron chi connectivity index (χ0n) is 10.3. The first-order valence-corrected chi connectivity index (χ1v) is 6.09. The van der Waals surface area contributed by atoms with Gasteiger partial charge in [0.1, 0.15) is 5.69 Å². The highest BCUT2D eigenvalue weighted by molar-refractivity contribution is 6.31. The fraction of sp³-hybridized carbons (Fsp3) is 0.231. The van der Waals surface area contributed by atoms with Crippen molar-refractivity contribution in [2.45, 2.75) is 20.4 Å². The summed E-state index contributed by atoms with van der Waals surface area (Å²) in [6.07, 6.45) is 1.61. The Labute approximate surface area is 111 Å². The van der Waals surface area contributed by atoms with Crippen molar-refractivity contribution in [3.8, 4) is 0 Å². The van der Waals surface area contributed by atoms with Crippen LogP contribution in [0.4, 0.5) is 5.69 Å². The average molecular weight is 264 g/mol. The lowest BCUT2D eigenvalue weighted by atomic mass is 10.2. The number of benzene rings is 1. The van der Waals surface area contributed by atoms with Gasteiger partial charge in [0.15, 0.2) is 0 Å². The van der Waals surface area contributed by atoms with Crippen LogP contribution in [-0.4, -0.2) is 15.7 Å². The van der Waals surface area contributed by atoms with Crippen LogP contribution in [0, 0.1) is 6.92 Å². The highest BCUT2D eigenvalue weighted by Gasteiger charge is 2.12. The molecule has 18 heavy (non-hydrogen) atoms. The van der Waals surface area contributed by atoms with Gasteiger partial charge in [-0.3, -0.25) is 9.48 Å². The van der Waals surface area contributed by atoms with Crippen molar-refractivity contribution < 1.29 is 4.79 Å². The van der Waals surface area contributed by atoms with E-state index in [1.807, 2.05) is 19.9 Å². The molecule has 0 atom stereocenters. The molecule has 2 aromatic rings. The maximum absolute atomic E-state index is 12.1. The van der Waals surface area contributed by atoms with Gasteiger partial charge in [-0.2, -0.15) is 5.10 Å². The Morgan fingerprint density at radius 3 is 2.94 bits per heavy atom. The summed E-state index contributed by atoms with van der Waals surface area (Å²) in [5.74, 6) is -0.181. The van der Waals surface area contributed by atoms with Crippen LogP contribution in [0.2, 0.25) is 5.02 Å². The highest BCUT2D eigenvalue weighted by atomic mass is 35.5. The summed E-state index contributed by atoms with van der Waals surface area (Å²) >= 11 is 5.91. The first kappa shape index (κ1) is 12.6. The molecule has 0 aliphatic rings. The maximum atomic E-state index is 12.1. The minimum absolute atomic E-state index is 0.181. The predicted octanol–water partition coefficient (Wildman–Crippen LogP) is 3.12. The number of hydrogen-bond acceptors (Lipinski definition) is 2. The monoisotopic (exact) mass is 263 g/mol. The highest BCUT2D eigenvalue weighted by Crippen LogP contribution is 2.20. The second-order valence-corrected chi connectivity index (χ2v) is 4.38. The van der Waals surface area contributed by atoms with Crippen molar-refractivity contribution >= 4 is 23.2 Å². The molecule has 0 radical (unpaired) electrons. The smallest absolute Gasteiger partial charge is 0.273 e. The lowest BCUT2D eigenvalue weighted by Gasteiger charge is -2.09. The third kappa shape index (κ3) is 2.54. The zero-order valence-corrected chi connectivity index (χ0v) is 11.0. The van der Waals surface area contributed by atoms with E-state index < -0.39 is 0 Å². The van der Waals surface area contributed by atoms with Crippen molar-refractivity contribution in [2.75, 3.05) is 5.32 Å². The molecule has 0 saturated heterocycles. The van der Waals surface area contributed by atoms with Gasteiger partial charge in [0, 0.05) is 23.5 Å². The summed E-state index contributed by atoms with van der Waals surface area (Å²) in [5.41, 5.74) is 2.23. The number of carbonyl (C=O) groups excluding carboxylic acids is 1. The molecule has 1 aromatic carbocycles. The molecule has 2 rings (SSSR count). The van der Waals surface area contributed by atoms with Crippen LogP contribution in [0.3, 0.4) is 0 Å². The van der Waals surface area contributed by atoms with Crippen molar-refractivity contribution in [1.29, 1.82) is 0 Å². The van der Waals surface area contributed by atoms with Gasteiger partial charge in [-0.15, -0.1) is 0 Å². The van der Waals surface area contributed by atoms with Crippen LogP contribution in [0.5, 0.6) is 0 Å². The molecule has 0 saturated carbocycles. The van der Waals surface area contributed by atoms with Crippen LogP contribution in [0.1, 0.15) is 23.0 Å². The first-order valence-electron chi connectivity index (χ1n) is 5.71. The molecular weight excluding hydrogens is 250 g/mol. The molecule has 1 N–H and O–H groups in total. The number of nitrogens with one attached hydrogen (secondary N) is 1.